The zero-order valence-electron chi connectivity index (χ0n) is 11.2. The Hall–Kier alpha value is -1.37. The van der Waals surface area contributed by atoms with Gasteiger partial charge in [-0.2, -0.15) is 13.2 Å². The Labute approximate surface area is 110 Å². The van der Waals surface area contributed by atoms with E-state index in [-0.39, 0.29) is 18.4 Å². The predicted molar refractivity (Wildman–Crippen MR) is 65.7 cm³/mol. The van der Waals surface area contributed by atoms with Crippen LogP contribution < -0.4 is 5.73 Å². The Morgan fingerprint density at radius 1 is 1.21 bits per heavy atom. The molecule has 1 aromatic rings. The maximum absolute atomic E-state index is 11.9. The quantitative estimate of drug-likeness (QED) is 0.859. The van der Waals surface area contributed by atoms with Crippen molar-refractivity contribution >= 4 is 5.82 Å². The molecule has 0 radical (unpaired) electrons. The third-order valence-corrected chi connectivity index (χ3v) is 2.30. The van der Waals surface area contributed by atoms with Crippen molar-refractivity contribution in [1.29, 1.82) is 0 Å². The van der Waals surface area contributed by atoms with Crippen LogP contribution in [0.4, 0.5) is 19.0 Å². The highest BCUT2D eigenvalue weighted by atomic mass is 19.4. The summed E-state index contributed by atoms with van der Waals surface area (Å²) in [6.45, 7) is 4.56. The summed E-state index contributed by atoms with van der Waals surface area (Å²) < 4.78 is 40.2. The second-order valence-electron chi connectivity index (χ2n) is 5.26. The Morgan fingerprint density at radius 3 is 2.37 bits per heavy atom. The molecule has 108 valence electrons. The first-order chi connectivity index (χ1) is 8.58. The van der Waals surface area contributed by atoms with Crippen molar-refractivity contribution in [3.63, 3.8) is 0 Å². The summed E-state index contributed by atoms with van der Waals surface area (Å²) in [5.41, 5.74) is 6.22. The molecule has 7 heteroatoms. The summed E-state index contributed by atoms with van der Waals surface area (Å²) in [7, 11) is 0. The molecular formula is C12H18F3N3O. The first kappa shape index (κ1) is 15.7. The fraction of sp³-hybridized carbons (Fsp3) is 0.667. The number of halogens is 3. The van der Waals surface area contributed by atoms with Gasteiger partial charge in [-0.1, -0.05) is 20.8 Å². The fourth-order valence-corrected chi connectivity index (χ4v) is 1.37. The standard InChI is InChI=1S/C12H18F3N3O/c1-11(2,3)8-6-9(16)18-10(17-8)4-5-19-7-12(13,14)15/h6H,4-5,7H2,1-3H3,(H2,16,17,18). The van der Waals surface area contributed by atoms with Crippen molar-refractivity contribution in [1.82, 2.24) is 9.97 Å². The molecule has 1 heterocycles. The van der Waals surface area contributed by atoms with Gasteiger partial charge in [0.15, 0.2) is 0 Å². The predicted octanol–water partition coefficient (Wildman–Crippen LogP) is 2.48. The van der Waals surface area contributed by atoms with Crippen molar-refractivity contribution < 1.29 is 17.9 Å². The third kappa shape index (κ3) is 5.87. The van der Waals surface area contributed by atoms with Gasteiger partial charge in [0.25, 0.3) is 0 Å². The van der Waals surface area contributed by atoms with E-state index in [0.29, 0.717) is 11.6 Å². The lowest BCUT2D eigenvalue weighted by molar-refractivity contribution is -0.173. The van der Waals surface area contributed by atoms with Gasteiger partial charge in [0.2, 0.25) is 0 Å². The molecule has 0 aromatic carbocycles. The maximum atomic E-state index is 11.9. The van der Waals surface area contributed by atoms with Crippen LogP contribution in [0.3, 0.4) is 0 Å². The third-order valence-electron chi connectivity index (χ3n) is 2.30. The largest absolute Gasteiger partial charge is 0.411 e. The van der Waals surface area contributed by atoms with Crippen LogP contribution in [0.2, 0.25) is 0 Å². The molecule has 0 fully saturated rings. The van der Waals surface area contributed by atoms with Gasteiger partial charge in [0.1, 0.15) is 18.2 Å². The number of nitrogens with two attached hydrogens (primary N) is 1. The summed E-state index contributed by atoms with van der Waals surface area (Å²) in [6.07, 6.45) is -4.11. The summed E-state index contributed by atoms with van der Waals surface area (Å²) in [5.74, 6) is 0.706. The van der Waals surface area contributed by atoms with E-state index in [0.717, 1.165) is 5.69 Å². The topological polar surface area (TPSA) is 61.0 Å². The smallest absolute Gasteiger partial charge is 0.384 e. The average Bonchev–Trinajstić information content (AvgIpc) is 2.21. The number of rotatable bonds is 4. The van der Waals surface area contributed by atoms with Gasteiger partial charge < -0.3 is 10.5 Å². The van der Waals surface area contributed by atoms with E-state index in [1.54, 1.807) is 6.07 Å². The van der Waals surface area contributed by atoms with Gasteiger partial charge in [-0.05, 0) is 0 Å². The zero-order chi connectivity index (χ0) is 14.7. The molecule has 1 aromatic heterocycles. The van der Waals surface area contributed by atoms with Crippen LogP contribution in [-0.4, -0.2) is 29.4 Å². The number of ether oxygens (including phenoxy) is 1. The van der Waals surface area contributed by atoms with Crippen LogP contribution in [-0.2, 0) is 16.6 Å². The molecule has 0 aliphatic rings. The van der Waals surface area contributed by atoms with E-state index < -0.39 is 12.8 Å². The molecule has 0 atom stereocenters. The number of hydrogen-bond acceptors (Lipinski definition) is 4. The van der Waals surface area contributed by atoms with Crippen LogP contribution in [0.25, 0.3) is 0 Å². The average molecular weight is 277 g/mol. The van der Waals surface area contributed by atoms with Crippen molar-refractivity contribution in [3.05, 3.63) is 17.6 Å². The lowest BCUT2D eigenvalue weighted by atomic mass is 9.92. The molecule has 0 spiro atoms. The van der Waals surface area contributed by atoms with Crippen LogP contribution in [0.1, 0.15) is 32.3 Å². The van der Waals surface area contributed by atoms with E-state index in [1.807, 2.05) is 20.8 Å². The molecule has 0 bridgehead atoms. The molecule has 19 heavy (non-hydrogen) atoms. The molecule has 2 N–H and O–H groups in total. The van der Waals surface area contributed by atoms with Crippen molar-refractivity contribution in [2.75, 3.05) is 18.9 Å². The van der Waals surface area contributed by atoms with Crippen LogP contribution in [0, 0.1) is 0 Å². The molecular weight excluding hydrogens is 259 g/mol. The lowest BCUT2D eigenvalue weighted by Crippen LogP contribution is -2.19. The van der Waals surface area contributed by atoms with Crippen LogP contribution in [0.5, 0.6) is 0 Å². The van der Waals surface area contributed by atoms with Crippen LogP contribution in [0.15, 0.2) is 6.07 Å². The fourth-order valence-electron chi connectivity index (χ4n) is 1.37. The van der Waals surface area contributed by atoms with Gasteiger partial charge in [-0.3, -0.25) is 0 Å². The summed E-state index contributed by atoms with van der Waals surface area (Å²) in [6, 6.07) is 1.67. The zero-order valence-corrected chi connectivity index (χ0v) is 11.2. The highest BCUT2D eigenvalue weighted by Gasteiger charge is 2.27. The summed E-state index contributed by atoms with van der Waals surface area (Å²) >= 11 is 0. The van der Waals surface area contributed by atoms with Gasteiger partial charge >= 0.3 is 6.18 Å². The normalized spacial score (nSPS) is 12.7. The number of alkyl halides is 3. The minimum atomic E-state index is -4.31. The second-order valence-corrected chi connectivity index (χ2v) is 5.26. The minimum absolute atomic E-state index is 0.0907. The van der Waals surface area contributed by atoms with E-state index in [4.69, 9.17) is 5.73 Å². The van der Waals surface area contributed by atoms with E-state index in [1.165, 1.54) is 0 Å². The number of nitrogens with zero attached hydrogens (tertiary/aromatic N) is 2. The Morgan fingerprint density at radius 2 is 1.84 bits per heavy atom. The summed E-state index contributed by atoms with van der Waals surface area (Å²) in [5, 5.41) is 0. The first-order valence-corrected chi connectivity index (χ1v) is 5.86. The highest BCUT2D eigenvalue weighted by Crippen LogP contribution is 2.21. The molecule has 1 rings (SSSR count). The highest BCUT2D eigenvalue weighted by molar-refractivity contribution is 5.32. The Kier molecular flexibility index (Phi) is 4.73. The van der Waals surface area contributed by atoms with Crippen molar-refractivity contribution in [2.24, 2.45) is 0 Å². The number of hydrogen-bond donors (Lipinski definition) is 1. The lowest BCUT2D eigenvalue weighted by Gasteiger charge is -2.18. The molecule has 4 nitrogen and oxygen atoms in total. The molecule has 0 saturated carbocycles. The number of aromatic nitrogens is 2. The number of anilines is 1. The molecule has 0 aliphatic heterocycles. The van der Waals surface area contributed by atoms with Crippen molar-refractivity contribution in [3.8, 4) is 0 Å². The van der Waals surface area contributed by atoms with Crippen LogP contribution >= 0.6 is 0 Å². The monoisotopic (exact) mass is 277 g/mol. The van der Waals surface area contributed by atoms with E-state index >= 15 is 0 Å². The molecule has 0 saturated heterocycles. The van der Waals surface area contributed by atoms with Gasteiger partial charge in [-0.15, -0.1) is 0 Å². The SMILES string of the molecule is CC(C)(C)c1cc(N)nc(CCOCC(F)(F)F)n1. The second kappa shape index (κ2) is 5.73. The Balaban J connectivity index is 2.62. The van der Waals surface area contributed by atoms with Crippen molar-refractivity contribution in [2.45, 2.75) is 38.8 Å². The van der Waals surface area contributed by atoms with Gasteiger partial charge in [0.05, 0.1) is 12.3 Å². The minimum Gasteiger partial charge on any atom is -0.384 e. The first-order valence-electron chi connectivity index (χ1n) is 5.86. The van der Waals surface area contributed by atoms with E-state index in [2.05, 4.69) is 14.7 Å². The Bertz CT molecular complexity index is 427. The molecule has 0 unspecified atom stereocenters. The maximum Gasteiger partial charge on any atom is 0.411 e. The van der Waals surface area contributed by atoms with Gasteiger partial charge in [0, 0.05) is 17.9 Å². The summed E-state index contributed by atoms with van der Waals surface area (Å²) in [4.78, 5) is 8.27. The van der Waals surface area contributed by atoms with E-state index in [9.17, 15) is 13.2 Å². The molecule has 0 amide bonds. The number of nitrogen functional groups attached to an aromatic ring is 1. The van der Waals surface area contributed by atoms with Gasteiger partial charge in [-0.25, -0.2) is 9.97 Å². The molecule has 0 aliphatic carbocycles.